The fourth-order valence-electron chi connectivity index (χ4n) is 2.27. The molecule has 0 aromatic carbocycles. The van der Waals surface area contributed by atoms with Gasteiger partial charge in [-0.1, -0.05) is 11.6 Å². The molecule has 0 saturated carbocycles. The lowest BCUT2D eigenvalue weighted by atomic mass is 10.0. The molecule has 19 heavy (non-hydrogen) atoms. The van der Waals surface area contributed by atoms with E-state index in [4.69, 9.17) is 11.6 Å². The van der Waals surface area contributed by atoms with E-state index in [0.717, 1.165) is 31.5 Å². The van der Waals surface area contributed by atoms with Crippen LogP contribution in [0, 0.1) is 0 Å². The number of nitrogens with zero attached hydrogens (tertiary/aromatic N) is 2. The summed E-state index contributed by atoms with van der Waals surface area (Å²) in [5.74, 6) is 0.313. The van der Waals surface area contributed by atoms with Gasteiger partial charge in [0.1, 0.15) is 5.82 Å². The number of aliphatic hydroxyl groups is 1. The van der Waals surface area contributed by atoms with Crippen molar-refractivity contribution >= 4 is 17.4 Å². The van der Waals surface area contributed by atoms with Crippen LogP contribution in [0.15, 0.2) is 12.3 Å². The van der Waals surface area contributed by atoms with Crippen molar-refractivity contribution in [3.63, 3.8) is 0 Å². The van der Waals surface area contributed by atoms with Crippen molar-refractivity contribution < 1.29 is 18.3 Å². The summed E-state index contributed by atoms with van der Waals surface area (Å²) in [5.41, 5.74) is -0.862. The van der Waals surface area contributed by atoms with Crippen molar-refractivity contribution in [2.24, 2.45) is 0 Å². The van der Waals surface area contributed by atoms with Gasteiger partial charge in [0.05, 0.1) is 23.2 Å². The maximum absolute atomic E-state index is 12.5. The first-order chi connectivity index (χ1) is 8.93. The minimum Gasteiger partial charge on any atom is -0.394 e. The fraction of sp³-hybridized carbons (Fsp3) is 0.583. The molecule has 1 aromatic heterocycles. The molecule has 7 heteroatoms. The van der Waals surface area contributed by atoms with Crippen LogP contribution in [0.1, 0.15) is 24.8 Å². The number of hydrogen-bond acceptors (Lipinski definition) is 3. The molecule has 2 heterocycles. The number of halogens is 4. The average molecular weight is 295 g/mol. The zero-order valence-electron chi connectivity index (χ0n) is 10.1. The van der Waals surface area contributed by atoms with E-state index in [9.17, 15) is 18.3 Å². The van der Waals surface area contributed by atoms with Crippen LogP contribution in [0.2, 0.25) is 5.02 Å². The van der Waals surface area contributed by atoms with Gasteiger partial charge in [-0.3, -0.25) is 0 Å². The van der Waals surface area contributed by atoms with Gasteiger partial charge in [0, 0.05) is 12.7 Å². The number of piperidine rings is 1. The predicted molar refractivity (Wildman–Crippen MR) is 66.3 cm³/mol. The summed E-state index contributed by atoms with van der Waals surface area (Å²) >= 11 is 5.91. The van der Waals surface area contributed by atoms with Crippen LogP contribution in [0.4, 0.5) is 19.0 Å². The van der Waals surface area contributed by atoms with E-state index < -0.39 is 11.7 Å². The predicted octanol–water partition coefficient (Wildman–Crippen LogP) is 3.11. The molecule has 3 nitrogen and oxygen atoms in total. The molecular weight excluding hydrogens is 281 g/mol. The van der Waals surface area contributed by atoms with E-state index in [1.807, 2.05) is 0 Å². The van der Waals surface area contributed by atoms with Crippen LogP contribution >= 0.6 is 11.6 Å². The second kappa shape index (κ2) is 5.54. The first kappa shape index (κ1) is 14.4. The molecule has 0 aliphatic carbocycles. The minimum absolute atomic E-state index is 0.0322. The van der Waals surface area contributed by atoms with Gasteiger partial charge >= 0.3 is 6.18 Å². The molecule has 2 rings (SSSR count). The summed E-state index contributed by atoms with van der Waals surface area (Å²) in [6.45, 7) is 0.586. The maximum atomic E-state index is 12.5. The molecule has 0 spiro atoms. The monoisotopic (exact) mass is 294 g/mol. The lowest BCUT2D eigenvalue weighted by Gasteiger charge is -2.36. The van der Waals surface area contributed by atoms with Crippen molar-refractivity contribution in [1.82, 2.24) is 4.98 Å². The van der Waals surface area contributed by atoms with Gasteiger partial charge in [-0.15, -0.1) is 0 Å². The van der Waals surface area contributed by atoms with Crippen LogP contribution in [0.5, 0.6) is 0 Å². The molecule has 1 aliphatic rings. The summed E-state index contributed by atoms with van der Waals surface area (Å²) in [6.07, 6.45) is -0.983. The van der Waals surface area contributed by atoms with Crippen molar-refractivity contribution in [3.05, 3.63) is 22.8 Å². The van der Waals surface area contributed by atoms with E-state index in [-0.39, 0.29) is 17.7 Å². The van der Waals surface area contributed by atoms with Gasteiger partial charge in [0.15, 0.2) is 0 Å². The molecule has 1 fully saturated rings. The van der Waals surface area contributed by atoms with Crippen molar-refractivity contribution in [2.45, 2.75) is 31.5 Å². The number of anilines is 1. The van der Waals surface area contributed by atoms with Gasteiger partial charge in [-0.05, 0) is 25.3 Å². The summed E-state index contributed by atoms with van der Waals surface area (Å²) in [5, 5.41) is 9.27. The van der Waals surface area contributed by atoms with Crippen LogP contribution in [-0.4, -0.2) is 29.3 Å². The number of alkyl halides is 3. The van der Waals surface area contributed by atoms with Crippen LogP contribution in [0.25, 0.3) is 0 Å². The second-order valence-corrected chi connectivity index (χ2v) is 4.96. The lowest BCUT2D eigenvalue weighted by Crippen LogP contribution is -2.42. The topological polar surface area (TPSA) is 36.4 Å². The van der Waals surface area contributed by atoms with Crippen LogP contribution in [-0.2, 0) is 6.18 Å². The molecule has 0 bridgehead atoms. The number of aliphatic hydroxyl groups excluding tert-OH is 1. The number of rotatable bonds is 2. The zero-order valence-corrected chi connectivity index (χ0v) is 10.9. The third kappa shape index (κ3) is 3.12. The molecule has 0 unspecified atom stereocenters. The van der Waals surface area contributed by atoms with E-state index in [0.29, 0.717) is 12.4 Å². The molecule has 0 radical (unpaired) electrons. The van der Waals surface area contributed by atoms with Gasteiger partial charge in [-0.2, -0.15) is 13.2 Å². The number of hydrogen-bond donors (Lipinski definition) is 1. The summed E-state index contributed by atoms with van der Waals surface area (Å²) in [6, 6.07) is 0.753. The van der Waals surface area contributed by atoms with Crippen LogP contribution < -0.4 is 4.90 Å². The Labute approximate surface area is 114 Å². The van der Waals surface area contributed by atoms with E-state index >= 15 is 0 Å². The summed E-state index contributed by atoms with van der Waals surface area (Å²) in [7, 11) is 0. The molecule has 1 N–H and O–H groups in total. The number of pyridine rings is 1. The third-order valence-electron chi connectivity index (χ3n) is 3.26. The highest BCUT2D eigenvalue weighted by Crippen LogP contribution is 2.35. The Balaban J connectivity index is 2.30. The fourth-order valence-corrected chi connectivity index (χ4v) is 2.54. The molecule has 1 aromatic rings. The Hall–Kier alpha value is -1.01. The van der Waals surface area contributed by atoms with E-state index in [2.05, 4.69) is 4.98 Å². The Morgan fingerprint density at radius 1 is 1.42 bits per heavy atom. The van der Waals surface area contributed by atoms with Gasteiger partial charge < -0.3 is 10.0 Å². The largest absolute Gasteiger partial charge is 0.417 e. The highest BCUT2D eigenvalue weighted by Gasteiger charge is 2.33. The highest BCUT2D eigenvalue weighted by atomic mass is 35.5. The van der Waals surface area contributed by atoms with Crippen LogP contribution in [0.3, 0.4) is 0 Å². The van der Waals surface area contributed by atoms with Crippen molar-refractivity contribution in [1.29, 1.82) is 0 Å². The molecule has 0 amide bonds. The normalized spacial score (nSPS) is 20.7. The molecule has 1 atom stereocenters. The van der Waals surface area contributed by atoms with E-state index in [1.165, 1.54) is 0 Å². The first-order valence-electron chi connectivity index (χ1n) is 6.03. The lowest BCUT2D eigenvalue weighted by molar-refractivity contribution is -0.137. The Kier molecular flexibility index (Phi) is 4.20. The Morgan fingerprint density at radius 2 is 2.16 bits per heavy atom. The Bertz CT molecular complexity index is 453. The molecule has 1 aliphatic heterocycles. The number of aromatic nitrogens is 1. The molecule has 1 saturated heterocycles. The summed E-state index contributed by atoms with van der Waals surface area (Å²) < 4.78 is 37.6. The van der Waals surface area contributed by atoms with Gasteiger partial charge in [-0.25, -0.2) is 4.98 Å². The second-order valence-electron chi connectivity index (χ2n) is 4.55. The van der Waals surface area contributed by atoms with Gasteiger partial charge in [0.25, 0.3) is 0 Å². The summed E-state index contributed by atoms with van der Waals surface area (Å²) in [4.78, 5) is 5.61. The standard InChI is InChI=1S/C12H14ClF3N2O/c13-10-5-8(12(14,15)16)6-17-11(10)18-4-2-1-3-9(18)7-19/h5-6,9,19H,1-4,7H2/t9-/m1/s1. The first-order valence-corrected chi connectivity index (χ1v) is 6.41. The Morgan fingerprint density at radius 3 is 2.74 bits per heavy atom. The van der Waals surface area contributed by atoms with Crippen molar-refractivity contribution in [2.75, 3.05) is 18.1 Å². The smallest absolute Gasteiger partial charge is 0.394 e. The quantitative estimate of drug-likeness (QED) is 0.910. The zero-order chi connectivity index (χ0) is 14.0. The van der Waals surface area contributed by atoms with E-state index in [1.54, 1.807) is 4.90 Å². The SMILES string of the molecule is OC[C@H]1CCCCN1c1ncc(C(F)(F)F)cc1Cl. The third-order valence-corrected chi connectivity index (χ3v) is 3.54. The van der Waals surface area contributed by atoms with Gasteiger partial charge in [0.2, 0.25) is 0 Å². The molecular formula is C12H14ClF3N2O. The maximum Gasteiger partial charge on any atom is 0.417 e. The van der Waals surface area contributed by atoms with Crippen molar-refractivity contribution in [3.8, 4) is 0 Å². The minimum atomic E-state index is -4.45. The highest BCUT2D eigenvalue weighted by molar-refractivity contribution is 6.33. The molecule has 106 valence electrons. The average Bonchev–Trinajstić information content (AvgIpc) is 2.37.